The Morgan fingerprint density at radius 3 is 2.74 bits per heavy atom. The Bertz CT molecular complexity index is 1400. The highest BCUT2D eigenvalue weighted by Crippen LogP contribution is 2.30. The molecule has 0 aliphatic carbocycles. The van der Waals surface area contributed by atoms with Gasteiger partial charge in [0.2, 0.25) is 0 Å². The number of rotatable bonds is 8. The van der Waals surface area contributed by atoms with Crippen LogP contribution in [0.3, 0.4) is 0 Å². The molecule has 0 aliphatic heterocycles. The molecule has 3 aromatic carbocycles. The Balaban J connectivity index is 1.41. The van der Waals surface area contributed by atoms with Crippen molar-refractivity contribution in [2.75, 3.05) is 7.11 Å². The molecule has 0 atom stereocenters. The SMILES string of the molecule is COc1cc(C=NNC(=O)c2cc3cc([N+](=O)[O-])ccc3s2)ccc1OCc1ccccc1Cl. The first-order chi connectivity index (χ1) is 16.4. The van der Waals surface area contributed by atoms with Crippen LogP contribution in [0.15, 0.2) is 71.8 Å². The number of thiophene rings is 1. The first-order valence-corrected chi connectivity index (χ1v) is 11.2. The number of methoxy groups -OCH3 is 1. The largest absolute Gasteiger partial charge is 0.493 e. The fourth-order valence-electron chi connectivity index (χ4n) is 3.13. The number of carbonyl (C=O) groups is 1. The van der Waals surface area contributed by atoms with Crippen molar-refractivity contribution < 1.29 is 19.2 Å². The fraction of sp³-hybridized carbons (Fsp3) is 0.0833. The van der Waals surface area contributed by atoms with Gasteiger partial charge in [0.25, 0.3) is 11.6 Å². The molecular formula is C24H18ClN3O5S. The summed E-state index contributed by atoms with van der Waals surface area (Å²) in [5.41, 5.74) is 3.99. The van der Waals surface area contributed by atoms with Gasteiger partial charge in [-0.1, -0.05) is 29.8 Å². The van der Waals surface area contributed by atoms with Gasteiger partial charge in [-0.2, -0.15) is 5.10 Å². The van der Waals surface area contributed by atoms with Crippen LogP contribution in [0.1, 0.15) is 20.8 Å². The van der Waals surface area contributed by atoms with E-state index in [2.05, 4.69) is 10.5 Å². The number of amides is 1. The number of benzene rings is 3. The summed E-state index contributed by atoms with van der Waals surface area (Å²) in [6, 6.07) is 18.8. The molecule has 1 heterocycles. The monoisotopic (exact) mass is 495 g/mol. The molecule has 10 heteroatoms. The lowest BCUT2D eigenvalue weighted by molar-refractivity contribution is -0.384. The normalized spacial score (nSPS) is 11.0. The van der Waals surface area contributed by atoms with Gasteiger partial charge in [0.1, 0.15) is 6.61 Å². The van der Waals surface area contributed by atoms with Crippen molar-refractivity contribution in [2.45, 2.75) is 6.61 Å². The third kappa shape index (κ3) is 5.33. The summed E-state index contributed by atoms with van der Waals surface area (Å²) < 4.78 is 12.0. The van der Waals surface area contributed by atoms with Gasteiger partial charge >= 0.3 is 0 Å². The Morgan fingerprint density at radius 2 is 1.97 bits per heavy atom. The first kappa shape index (κ1) is 23.2. The maximum atomic E-state index is 12.4. The number of ether oxygens (including phenoxy) is 2. The van der Waals surface area contributed by atoms with E-state index >= 15 is 0 Å². The van der Waals surface area contributed by atoms with E-state index < -0.39 is 10.8 Å². The molecule has 0 spiro atoms. The molecule has 0 saturated carbocycles. The van der Waals surface area contributed by atoms with Gasteiger partial charge in [-0.05, 0) is 42.0 Å². The van der Waals surface area contributed by atoms with Gasteiger partial charge in [0, 0.05) is 32.8 Å². The van der Waals surface area contributed by atoms with Crippen LogP contribution in [0.4, 0.5) is 5.69 Å². The molecule has 8 nitrogen and oxygen atoms in total. The number of non-ortho nitro benzene ring substituents is 1. The minimum absolute atomic E-state index is 0.0245. The van der Waals surface area contributed by atoms with Gasteiger partial charge in [0.15, 0.2) is 11.5 Å². The zero-order valence-electron chi connectivity index (χ0n) is 17.9. The summed E-state index contributed by atoms with van der Waals surface area (Å²) in [7, 11) is 1.53. The number of halogens is 1. The summed E-state index contributed by atoms with van der Waals surface area (Å²) in [5.74, 6) is 0.642. The van der Waals surface area contributed by atoms with Crippen LogP contribution in [0.2, 0.25) is 5.02 Å². The summed E-state index contributed by atoms with van der Waals surface area (Å²) in [6.07, 6.45) is 1.48. The van der Waals surface area contributed by atoms with Crippen molar-refractivity contribution >= 4 is 50.8 Å². The van der Waals surface area contributed by atoms with E-state index in [-0.39, 0.29) is 12.3 Å². The van der Waals surface area contributed by atoms with Crippen LogP contribution in [0, 0.1) is 10.1 Å². The lowest BCUT2D eigenvalue weighted by atomic mass is 10.2. The molecule has 0 aliphatic rings. The van der Waals surface area contributed by atoms with E-state index in [0.717, 1.165) is 10.3 Å². The standard InChI is InChI=1S/C24H18ClN3O5S/c1-32-21-10-15(6-8-20(21)33-14-16-4-2-3-5-19(16)25)13-26-27-24(29)23-12-17-11-18(28(30)31)7-9-22(17)34-23/h2-13H,14H2,1H3,(H,27,29). The van der Waals surface area contributed by atoms with Crippen molar-refractivity contribution in [3.63, 3.8) is 0 Å². The first-order valence-electron chi connectivity index (χ1n) is 10.0. The Morgan fingerprint density at radius 1 is 1.15 bits per heavy atom. The minimum Gasteiger partial charge on any atom is -0.493 e. The average Bonchev–Trinajstić information content (AvgIpc) is 3.27. The van der Waals surface area contributed by atoms with Gasteiger partial charge < -0.3 is 9.47 Å². The van der Waals surface area contributed by atoms with Crippen molar-refractivity contribution in [2.24, 2.45) is 5.10 Å². The molecule has 0 bridgehead atoms. The average molecular weight is 496 g/mol. The zero-order valence-corrected chi connectivity index (χ0v) is 19.4. The van der Waals surface area contributed by atoms with Gasteiger partial charge in [0.05, 0.1) is 23.1 Å². The van der Waals surface area contributed by atoms with Gasteiger partial charge in [-0.3, -0.25) is 14.9 Å². The van der Waals surface area contributed by atoms with Gasteiger partial charge in [-0.15, -0.1) is 11.3 Å². The van der Waals surface area contributed by atoms with E-state index in [9.17, 15) is 14.9 Å². The topological polar surface area (TPSA) is 103 Å². The predicted molar refractivity (Wildman–Crippen MR) is 132 cm³/mol. The smallest absolute Gasteiger partial charge is 0.281 e. The predicted octanol–water partition coefficient (Wildman–Crippen LogP) is 5.81. The lowest BCUT2D eigenvalue weighted by Gasteiger charge is -2.12. The molecule has 0 unspecified atom stereocenters. The Kier molecular flexibility index (Phi) is 7.05. The Labute approximate surface area is 203 Å². The second-order valence-corrected chi connectivity index (χ2v) is 8.57. The van der Waals surface area contributed by atoms with E-state index in [1.165, 1.54) is 36.8 Å². The third-order valence-electron chi connectivity index (χ3n) is 4.84. The highest BCUT2D eigenvalue weighted by atomic mass is 35.5. The van der Waals surface area contributed by atoms with Crippen LogP contribution >= 0.6 is 22.9 Å². The molecule has 0 fully saturated rings. The number of nitro groups is 1. The highest BCUT2D eigenvalue weighted by molar-refractivity contribution is 7.20. The second-order valence-electron chi connectivity index (χ2n) is 7.08. The van der Waals surface area contributed by atoms with Crippen LogP contribution in [0.25, 0.3) is 10.1 Å². The molecule has 4 aromatic rings. The molecule has 34 heavy (non-hydrogen) atoms. The summed E-state index contributed by atoms with van der Waals surface area (Å²) >= 11 is 7.40. The third-order valence-corrected chi connectivity index (χ3v) is 6.33. The van der Waals surface area contributed by atoms with Crippen LogP contribution in [-0.4, -0.2) is 24.2 Å². The maximum Gasteiger partial charge on any atom is 0.281 e. The quantitative estimate of drug-likeness (QED) is 0.188. The summed E-state index contributed by atoms with van der Waals surface area (Å²) in [4.78, 5) is 23.3. The molecule has 1 amide bonds. The summed E-state index contributed by atoms with van der Waals surface area (Å²) in [6.45, 7) is 0.290. The maximum absolute atomic E-state index is 12.4. The second kappa shape index (κ2) is 10.3. The highest BCUT2D eigenvalue weighted by Gasteiger charge is 2.13. The number of carbonyl (C=O) groups excluding carboxylic acids is 1. The number of fused-ring (bicyclic) bond motifs is 1. The molecule has 1 aromatic heterocycles. The fourth-order valence-corrected chi connectivity index (χ4v) is 4.25. The van der Waals surface area contributed by atoms with E-state index in [1.807, 2.05) is 18.2 Å². The van der Waals surface area contributed by atoms with Crippen molar-refractivity contribution in [3.05, 3.63) is 97.9 Å². The van der Waals surface area contributed by atoms with Crippen molar-refractivity contribution in [1.82, 2.24) is 5.43 Å². The number of hydrogen-bond donors (Lipinski definition) is 1. The van der Waals surface area contributed by atoms with Gasteiger partial charge in [-0.25, -0.2) is 5.43 Å². The van der Waals surface area contributed by atoms with Crippen LogP contribution in [0.5, 0.6) is 11.5 Å². The molecule has 0 radical (unpaired) electrons. The number of hydrogen-bond acceptors (Lipinski definition) is 7. The molecule has 0 saturated heterocycles. The Hall–Kier alpha value is -3.95. The van der Waals surface area contributed by atoms with Crippen LogP contribution in [-0.2, 0) is 6.61 Å². The number of nitrogens with one attached hydrogen (secondary N) is 1. The van der Waals surface area contributed by atoms with Crippen molar-refractivity contribution in [1.29, 1.82) is 0 Å². The van der Waals surface area contributed by atoms with E-state index in [4.69, 9.17) is 21.1 Å². The number of hydrazone groups is 1. The lowest BCUT2D eigenvalue weighted by Crippen LogP contribution is -2.16. The molecule has 1 N–H and O–H groups in total. The molecular weight excluding hydrogens is 478 g/mol. The molecule has 172 valence electrons. The number of nitrogens with zero attached hydrogens (tertiary/aromatic N) is 2. The van der Waals surface area contributed by atoms with Crippen LogP contribution < -0.4 is 14.9 Å². The van der Waals surface area contributed by atoms with E-state index in [0.29, 0.717) is 32.3 Å². The van der Waals surface area contributed by atoms with E-state index in [1.54, 1.807) is 36.4 Å². The number of nitro benzene ring substituents is 1. The summed E-state index contributed by atoms with van der Waals surface area (Å²) in [5, 5.41) is 16.2. The zero-order chi connectivity index (χ0) is 24.1. The minimum atomic E-state index is -0.470. The van der Waals surface area contributed by atoms with Crippen molar-refractivity contribution in [3.8, 4) is 11.5 Å². The molecule has 4 rings (SSSR count).